The van der Waals surface area contributed by atoms with Crippen LogP contribution in [0.15, 0.2) is 66.9 Å². The molecule has 0 unspecified atom stereocenters. The topological polar surface area (TPSA) is 211 Å². The Morgan fingerprint density at radius 3 is 2.22 bits per heavy atom. The van der Waals surface area contributed by atoms with Crippen molar-refractivity contribution in [3.8, 4) is 11.9 Å². The first-order valence-corrected chi connectivity index (χ1v) is 19.3. The number of halogens is 4. The summed E-state index contributed by atoms with van der Waals surface area (Å²) < 4.78 is 54.3. The van der Waals surface area contributed by atoms with E-state index in [-0.39, 0.29) is 23.1 Å². The molecule has 1 aliphatic carbocycles. The fourth-order valence-corrected chi connectivity index (χ4v) is 6.28. The number of hydrogen-bond donors (Lipinski definition) is 5. The van der Waals surface area contributed by atoms with Gasteiger partial charge in [0.05, 0.1) is 24.5 Å². The molecule has 5 N–H and O–H groups in total. The van der Waals surface area contributed by atoms with Gasteiger partial charge < -0.3 is 40.8 Å². The molecule has 2 aromatic carbocycles. The van der Waals surface area contributed by atoms with E-state index in [4.69, 9.17) is 25.8 Å². The van der Waals surface area contributed by atoms with E-state index in [9.17, 15) is 32.3 Å². The monoisotopic (exact) mass is 854 g/mol. The molecule has 21 heteroatoms. The number of methoxy groups -OCH3 is 1. The van der Waals surface area contributed by atoms with Crippen LogP contribution in [0, 0.1) is 0 Å². The lowest BCUT2D eigenvalue weighted by Crippen LogP contribution is -2.50. The zero-order valence-corrected chi connectivity index (χ0v) is 33.1. The van der Waals surface area contributed by atoms with Crippen molar-refractivity contribution in [1.82, 2.24) is 35.5 Å². The van der Waals surface area contributed by atoms with Crippen LogP contribution in [0.5, 0.6) is 11.9 Å². The highest BCUT2D eigenvalue weighted by Gasteiger charge is 2.45. The lowest BCUT2D eigenvalue weighted by atomic mass is 10.1. The Morgan fingerprint density at radius 1 is 0.867 bits per heavy atom. The molecule has 1 saturated carbocycles. The zero-order chi connectivity index (χ0) is 42.7. The summed E-state index contributed by atoms with van der Waals surface area (Å²) in [5.41, 5.74) is 0.963. The molecule has 318 valence electrons. The molecule has 6 rings (SSSR count). The van der Waals surface area contributed by atoms with E-state index < -0.39 is 60.6 Å². The number of likely N-dealkylation sites (tertiary alicyclic amines) is 1. The minimum absolute atomic E-state index is 0.0403. The van der Waals surface area contributed by atoms with Gasteiger partial charge in [-0.25, -0.2) is 9.78 Å². The molecule has 17 nitrogen and oxygen atoms in total. The molecule has 1 atom stereocenters. The van der Waals surface area contributed by atoms with Gasteiger partial charge in [-0.15, -0.1) is 0 Å². The number of ether oxygens (including phenoxy) is 3. The molecule has 0 spiro atoms. The summed E-state index contributed by atoms with van der Waals surface area (Å²) in [5, 5.41) is 13.8. The first-order valence-electron chi connectivity index (χ1n) is 18.9. The van der Waals surface area contributed by atoms with Crippen molar-refractivity contribution in [2.24, 2.45) is 0 Å². The minimum atomic E-state index is -4.65. The van der Waals surface area contributed by atoms with E-state index in [1.54, 1.807) is 18.2 Å². The Bertz CT molecular complexity index is 2120. The summed E-state index contributed by atoms with van der Waals surface area (Å²) in [6, 6.07) is 13.9. The maximum Gasteiger partial charge on any atom is 0.422 e. The highest BCUT2D eigenvalue weighted by Crippen LogP contribution is 2.48. The van der Waals surface area contributed by atoms with Crippen molar-refractivity contribution in [1.29, 1.82) is 0 Å². The van der Waals surface area contributed by atoms with Crippen molar-refractivity contribution >= 4 is 58.6 Å². The number of alkyl halides is 3. The number of benzene rings is 2. The molecule has 1 aliphatic heterocycles. The van der Waals surface area contributed by atoms with Gasteiger partial charge in [-0.05, 0) is 86.8 Å². The molecular weight excluding hydrogens is 813 g/mol. The number of carbonyl (C=O) groups excluding carboxylic acids is 4. The zero-order valence-electron chi connectivity index (χ0n) is 32.3. The second kappa shape index (κ2) is 19.6. The van der Waals surface area contributed by atoms with Crippen LogP contribution in [0.25, 0.3) is 0 Å². The van der Waals surface area contributed by atoms with Crippen molar-refractivity contribution < 1.29 is 46.6 Å². The van der Waals surface area contributed by atoms with Crippen molar-refractivity contribution in [3.63, 3.8) is 0 Å². The minimum Gasteiger partial charge on any atom is -0.476 e. The molecule has 2 aromatic heterocycles. The van der Waals surface area contributed by atoms with Crippen LogP contribution in [0.4, 0.5) is 36.4 Å². The third-order valence-corrected chi connectivity index (χ3v) is 9.70. The van der Waals surface area contributed by atoms with Crippen molar-refractivity contribution in [2.75, 3.05) is 62.5 Å². The molecular formula is C39H42ClF3N10O7. The summed E-state index contributed by atoms with van der Waals surface area (Å²) >= 11 is 6.04. The molecule has 0 radical (unpaired) electrons. The number of aromatic nitrogens is 4. The SMILES string of the molecule is COC(=O)[C@H](CNC(=O)C(=O)Nc1ccc(OCCN2CCCCC2)nc1)NC(=O)c1ccc(Nc2nc(NC3(c4ccc(Cl)cc4)CC3)nc(OCC(F)(F)F)n2)cc1. The van der Waals surface area contributed by atoms with Gasteiger partial charge in [0, 0.05) is 35.4 Å². The highest BCUT2D eigenvalue weighted by atomic mass is 35.5. The first-order chi connectivity index (χ1) is 28.8. The van der Waals surface area contributed by atoms with Gasteiger partial charge >= 0.3 is 30.0 Å². The summed E-state index contributed by atoms with van der Waals surface area (Å²) in [4.78, 5) is 69.7. The van der Waals surface area contributed by atoms with E-state index in [2.05, 4.69) is 51.4 Å². The van der Waals surface area contributed by atoms with Gasteiger partial charge in [-0.3, -0.25) is 19.3 Å². The molecule has 0 bridgehead atoms. The van der Waals surface area contributed by atoms with Crippen LogP contribution in [-0.4, -0.2) is 107 Å². The molecule has 1 saturated heterocycles. The van der Waals surface area contributed by atoms with Crippen LogP contribution in [0.1, 0.15) is 48.0 Å². The summed E-state index contributed by atoms with van der Waals surface area (Å²) in [7, 11) is 1.09. The maximum atomic E-state index is 13.1. The lowest BCUT2D eigenvalue weighted by Gasteiger charge is -2.26. The molecule has 2 aliphatic rings. The van der Waals surface area contributed by atoms with Gasteiger partial charge in [-0.1, -0.05) is 30.2 Å². The Hall–Kier alpha value is -6.28. The fraction of sp³-hybridized carbons (Fsp3) is 0.385. The number of anilines is 4. The maximum absolute atomic E-state index is 13.1. The standard InChI is InChI=1S/C39H42ClF3N10O7/c1-58-34(57)29(22-45-32(55)33(56)46-28-13-14-30(44-21-28)59-20-19-53-17-3-2-4-18-53)48-31(54)24-5-11-27(12-6-24)47-35-49-36(51-37(50-35)60-23-39(41,42)43)52-38(15-16-38)25-7-9-26(40)10-8-25/h5-14,21,29H,2-4,15-20,22-23H2,1H3,(H,45,55)(H,46,56)(H,48,54)(H2,47,49,50,51,52)/t29-/m0/s1. The Balaban J connectivity index is 1.02. The first kappa shape index (κ1) is 43.3. The number of nitrogens with zero attached hydrogens (tertiary/aromatic N) is 5. The third-order valence-electron chi connectivity index (χ3n) is 9.45. The smallest absolute Gasteiger partial charge is 0.422 e. The largest absolute Gasteiger partial charge is 0.476 e. The van der Waals surface area contributed by atoms with E-state index in [0.717, 1.165) is 32.3 Å². The van der Waals surface area contributed by atoms with Gasteiger partial charge in [0.25, 0.3) is 5.91 Å². The number of hydrogen-bond acceptors (Lipinski definition) is 14. The van der Waals surface area contributed by atoms with Gasteiger partial charge in [0.1, 0.15) is 12.6 Å². The second-order valence-electron chi connectivity index (χ2n) is 13.9. The van der Waals surface area contributed by atoms with E-state index >= 15 is 0 Å². The van der Waals surface area contributed by atoms with E-state index in [1.807, 2.05) is 12.1 Å². The lowest BCUT2D eigenvalue weighted by molar-refractivity contribution is -0.154. The van der Waals surface area contributed by atoms with Crippen LogP contribution in [0.2, 0.25) is 5.02 Å². The van der Waals surface area contributed by atoms with Crippen molar-refractivity contribution in [2.45, 2.75) is 49.9 Å². The van der Waals surface area contributed by atoms with Crippen LogP contribution < -0.4 is 36.1 Å². The quantitative estimate of drug-likeness (QED) is 0.0727. The average Bonchev–Trinajstić information content (AvgIpc) is 4.02. The summed E-state index contributed by atoms with van der Waals surface area (Å²) in [6.07, 6.45) is 1.69. The van der Waals surface area contributed by atoms with Crippen LogP contribution in [-0.2, 0) is 24.7 Å². The average molecular weight is 855 g/mol. The summed E-state index contributed by atoms with van der Waals surface area (Å²) in [5.74, 6) is -3.58. The van der Waals surface area contributed by atoms with Crippen LogP contribution in [0.3, 0.4) is 0 Å². The Kier molecular flexibility index (Phi) is 14.2. The van der Waals surface area contributed by atoms with Gasteiger partial charge in [0.15, 0.2) is 6.61 Å². The van der Waals surface area contributed by atoms with Crippen molar-refractivity contribution in [3.05, 3.63) is 83.0 Å². The summed E-state index contributed by atoms with van der Waals surface area (Å²) in [6.45, 7) is 1.22. The number of piperidine rings is 1. The Labute approximate surface area is 347 Å². The number of nitrogens with one attached hydrogen (secondary N) is 5. The Morgan fingerprint density at radius 2 is 1.57 bits per heavy atom. The molecule has 2 fully saturated rings. The highest BCUT2D eigenvalue weighted by molar-refractivity contribution is 6.39. The predicted molar refractivity (Wildman–Crippen MR) is 212 cm³/mol. The second-order valence-corrected chi connectivity index (χ2v) is 14.4. The number of pyridine rings is 1. The number of esters is 1. The molecule has 60 heavy (non-hydrogen) atoms. The number of carbonyl (C=O) groups is 4. The molecule has 3 amide bonds. The number of amides is 3. The van der Waals surface area contributed by atoms with E-state index in [0.29, 0.717) is 36.0 Å². The van der Waals surface area contributed by atoms with Gasteiger partial charge in [-0.2, -0.15) is 28.1 Å². The number of rotatable bonds is 17. The third kappa shape index (κ3) is 12.6. The van der Waals surface area contributed by atoms with E-state index in [1.165, 1.54) is 55.8 Å². The fourth-order valence-electron chi connectivity index (χ4n) is 6.15. The molecule has 3 heterocycles. The predicted octanol–water partition coefficient (Wildman–Crippen LogP) is 4.60. The molecule has 4 aromatic rings. The van der Waals surface area contributed by atoms with Gasteiger partial charge in [0.2, 0.25) is 17.8 Å². The van der Waals surface area contributed by atoms with Crippen LogP contribution >= 0.6 is 11.6 Å². The normalized spacial score (nSPS) is 15.2.